The van der Waals surface area contributed by atoms with Gasteiger partial charge in [0.25, 0.3) is 0 Å². The number of carboxylic acid groups (broad SMARTS) is 1. The zero-order valence-corrected chi connectivity index (χ0v) is 14.6. The normalized spacial score (nSPS) is 27.7. The fourth-order valence-corrected chi connectivity index (χ4v) is 4.77. The fraction of sp³-hybridized carbons (Fsp3) is 0.579. The molecule has 2 aromatic heterocycles. The van der Waals surface area contributed by atoms with Crippen LogP contribution in [0.1, 0.15) is 54.2 Å². The largest absolute Gasteiger partial charge is 0.478 e. The van der Waals surface area contributed by atoms with Crippen molar-refractivity contribution in [2.24, 2.45) is 11.8 Å². The second-order valence-corrected chi connectivity index (χ2v) is 7.99. The third-order valence-corrected chi connectivity index (χ3v) is 6.30. The molecular formula is C19H22N4O3. The first-order valence-electron chi connectivity index (χ1n) is 9.41. The van der Waals surface area contributed by atoms with Gasteiger partial charge in [0.2, 0.25) is 5.89 Å². The van der Waals surface area contributed by atoms with Gasteiger partial charge in [0.15, 0.2) is 5.82 Å². The molecule has 0 unspecified atom stereocenters. The predicted molar refractivity (Wildman–Crippen MR) is 93.2 cm³/mol. The molecule has 2 aliphatic carbocycles. The number of carboxylic acids is 1. The summed E-state index contributed by atoms with van der Waals surface area (Å²) in [5.74, 6) is 1.79. The van der Waals surface area contributed by atoms with Gasteiger partial charge in [-0.25, -0.2) is 4.79 Å². The first kappa shape index (κ1) is 15.8. The zero-order valence-electron chi connectivity index (χ0n) is 14.6. The molecule has 0 amide bonds. The zero-order chi connectivity index (χ0) is 17.7. The lowest BCUT2D eigenvalue weighted by Crippen LogP contribution is -2.32. The molecule has 7 heteroatoms. The molecule has 0 spiro atoms. The number of nitrogens with zero attached hydrogens (tertiary/aromatic N) is 4. The minimum Gasteiger partial charge on any atom is -0.478 e. The highest BCUT2D eigenvalue weighted by Gasteiger charge is 2.54. The minimum atomic E-state index is -0.941. The summed E-state index contributed by atoms with van der Waals surface area (Å²) in [6.07, 6.45) is 9.83. The van der Waals surface area contributed by atoms with Crippen molar-refractivity contribution < 1.29 is 14.4 Å². The van der Waals surface area contributed by atoms with Gasteiger partial charge >= 0.3 is 5.97 Å². The SMILES string of the molecule is O=C(O)c1cnccc1N1C[C@H]2CCC[C@@]2(c2nc(CC3CC3)no2)C1. The molecule has 5 rings (SSSR count). The van der Waals surface area contributed by atoms with E-state index in [0.717, 1.165) is 62.1 Å². The van der Waals surface area contributed by atoms with Gasteiger partial charge < -0.3 is 14.5 Å². The molecule has 26 heavy (non-hydrogen) atoms. The van der Waals surface area contributed by atoms with Crippen LogP contribution < -0.4 is 4.90 Å². The standard InChI is InChI=1S/C19H22N4O3/c24-17(25)14-9-20-7-5-15(14)23-10-13-2-1-6-19(13,11-23)18-21-16(22-26-18)8-12-3-4-12/h5,7,9,12-13H,1-4,6,8,10-11H2,(H,24,25)/t13-,19-/m1/s1. The Morgan fingerprint density at radius 2 is 2.27 bits per heavy atom. The molecule has 2 aromatic rings. The van der Waals surface area contributed by atoms with Crippen molar-refractivity contribution in [3.05, 3.63) is 35.7 Å². The van der Waals surface area contributed by atoms with Crippen molar-refractivity contribution in [2.75, 3.05) is 18.0 Å². The summed E-state index contributed by atoms with van der Waals surface area (Å²) in [4.78, 5) is 22.5. The van der Waals surface area contributed by atoms with Crippen molar-refractivity contribution in [1.29, 1.82) is 0 Å². The summed E-state index contributed by atoms with van der Waals surface area (Å²) in [6, 6.07) is 1.80. The molecule has 2 atom stereocenters. The first-order valence-corrected chi connectivity index (χ1v) is 9.41. The van der Waals surface area contributed by atoms with Gasteiger partial charge in [-0.05, 0) is 43.6 Å². The predicted octanol–water partition coefficient (Wildman–Crippen LogP) is 2.67. The monoisotopic (exact) mass is 354 g/mol. The third kappa shape index (κ3) is 2.48. The van der Waals surface area contributed by atoms with Crippen LogP contribution in [-0.4, -0.2) is 39.3 Å². The summed E-state index contributed by atoms with van der Waals surface area (Å²) >= 11 is 0. The topological polar surface area (TPSA) is 92.3 Å². The molecule has 7 nitrogen and oxygen atoms in total. The third-order valence-electron chi connectivity index (χ3n) is 6.30. The van der Waals surface area contributed by atoms with Gasteiger partial charge in [-0.3, -0.25) is 4.98 Å². The summed E-state index contributed by atoms with van der Waals surface area (Å²) in [6.45, 7) is 1.55. The van der Waals surface area contributed by atoms with E-state index in [2.05, 4.69) is 15.0 Å². The van der Waals surface area contributed by atoms with Crippen molar-refractivity contribution in [3.8, 4) is 0 Å². The number of carbonyl (C=O) groups is 1. The van der Waals surface area contributed by atoms with E-state index in [9.17, 15) is 9.90 Å². The Balaban J connectivity index is 1.46. The highest BCUT2D eigenvalue weighted by atomic mass is 16.5. The Morgan fingerprint density at radius 3 is 3.08 bits per heavy atom. The lowest BCUT2D eigenvalue weighted by atomic mass is 9.80. The number of hydrogen-bond acceptors (Lipinski definition) is 6. The van der Waals surface area contributed by atoms with Gasteiger partial charge in [-0.2, -0.15) is 4.98 Å². The molecule has 3 fully saturated rings. The molecule has 0 aromatic carbocycles. The van der Waals surface area contributed by atoms with E-state index in [1.807, 2.05) is 0 Å². The van der Waals surface area contributed by atoms with Crippen molar-refractivity contribution in [3.63, 3.8) is 0 Å². The quantitative estimate of drug-likeness (QED) is 0.882. The summed E-state index contributed by atoms with van der Waals surface area (Å²) in [7, 11) is 0. The molecule has 1 saturated heterocycles. The van der Waals surface area contributed by atoms with E-state index in [0.29, 0.717) is 5.92 Å². The molecule has 136 valence electrons. The van der Waals surface area contributed by atoms with E-state index in [-0.39, 0.29) is 11.0 Å². The van der Waals surface area contributed by atoms with Crippen molar-refractivity contribution in [1.82, 2.24) is 15.1 Å². The number of hydrogen-bond donors (Lipinski definition) is 1. The van der Waals surface area contributed by atoms with Crippen LogP contribution >= 0.6 is 0 Å². The maximum atomic E-state index is 11.6. The molecule has 0 bridgehead atoms. The Labute approximate surface area is 151 Å². The Kier molecular flexibility index (Phi) is 3.52. The van der Waals surface area contributed by atoms with Crippen LogP contribution in [0.3, 0.4) is 0 Å². The molecule has 1 N–H and O–H groups in total. The van der Waals surface area contributed by atoms with Gasteiger partial charge in [-0.15, -0.1) is 0 Å². The van der Waals surface area contributed by atoms with E-state index in [4.69, 9.17) is 9.51 Å². The Morgan fingerprint density at radius 1 is 1.38 bits per heavy atom. The molecule has 0 radical (unpaired) electrons. The van der Waals surface area contributed by atoms with E-state index < -0.39 is 5.97 Å². The van der Waals surface area contributed by atoms with Gasteiger partial charge in [-0.1, -0.05) is 11.6 Å². The summed E-state index contributed by atoms with van der Waals surface area (Å²) in [5, 5.41) is 13.7. The van der Waals surface area contributed by atoms with Crippen LogP contribution in [0.5, 0.6) is 0 Å². The van der Waals surface area contributed by atoms with E-state index in [1.54, 1.807) is 12.3 Å². The second kappa shape index (κ2) is 5.79. The van der Waals surface area contributed by atoms with Crippen LogP contribution in [0.25, 0.3) is 0 Å². The lowest BCUT2D eigenvalue weighted by molar-refractivity contribution is 0.0697. The van der Waals surface area contributed by atoms with Gasteiger partial charge in [0, 0.05) is 31.9 Å². The maximum Gasteiger partial charge on any atom is 0.339 e. The van der Waals surface area contributed by atoms with Crippen molar-refractivity contribution in [2.45, 2.75) is 43.9 Å². The van der Waals surface area contributed by atoms with Crippen molar-refractivity contribution >= 4 is 11.7 Å². The van der Waals surface area contributed by atoms with Gasteiger partial charge in [0.1, 0.15) is 5.56 Å². The molecular weight excluding hydrogens is 332 g/mol. The van der Waals surface area contributed by atoms with Crippen LogP contribution in [0, 0.1) is 11.8 Å². The minimum absolute atomic E-state index is 0.145. The smallest absolute Gasteiger partial charge is 0.339 e. The fourth-order valence-electron chi connectivity index (χ4n) is 4.77. The lowest BCUT2D eigenvalue weighted by Gasteiger charge is -2.25. The highest BCUT2D eigenvalue weighted by Crippen LogP contribution is 2.51. The number of aromatic carboxylic acids is 1. The van der Waals surface area contributed by atoms with E-state index in [1.165, 1.54) is 19.0 Å². The average Bonchev–Trinajstić information content (AvgIpc) is 3.03. The van der Waals surface area contributed by atoms with Crippen LogP contribution in [-0.2, 0) is 11.8 Å². The molecule has 3 heterocycles. The maximum absolute atomic E-state index is 11.6. The Bertz CT molecular complexity index is 847. The van der Waals surface area contributed by atoms with Crippen LogP contribution in [0.4, 0.5) is 5.69 Å². The van der Waals surface area contributed by atoms with Crippen LogP contribution in [0.2, 0.25) is 0 Å². The Hall–Kier alpha value is -2.44. The average molecular weight is 354 g/mol. The van der Waals surface area contributed by atoms with Gasteiger partial charge in [0.05, 0.1) is 11.1 Å². The first-order chi connectivity index (χ1) is 12.7. The second-order valence-electron chi connectivity index (χ2n) is 7.99. The number of rotatable bonds is 5. The summed E-state index contributed by atoms with van der Waals surface area (Å²) < 4.78 is 5.73. The molecule has 3 aliphatic rings. The molecule has 2 saturated carbocycles. The number of aromatic nitrogens is 3. The van der Waals surface area contributed by atoms with Crippen LogP contribution in [0.15, 0.2) is 23.0 Å². The molecule has 1 aliphatic heterocycles. The number of anilines is 1. The summed E-state index contributed by atoms with van der Waals surface area (Å²) in [5.41, 5.74) is 0.843. The number of pyridine rings is 1. The highest BCUT2D eigenvalue weighted by molar-refractivity contribution is 5.94. The number of fused-ring (bicyclic) bond motifs is 1. The van der Waals surface area contributed by atoms with E-state index >= 15 is 0 Å².